The fourth-order valence-electron chi connectivity index (χ4n) is 2.09. The number of rotatable bonds is 5. The third kappa shape index (κ3) is 4.56. The van der Waals surface area contributed by atoms with Gasteiger partial charge in [-0.15, -0.1) is 0 Å². The van der Waals surface area contributed by atoms with Crippen molar-refractivity contribution in [1.29, 1.82) is 0 Å². The highest BCUT2D eigenvalue weighted by atomic mass is 19.1. The Balaban J connectivity index is 1.82. The Morgan fingerprint density at radius 1 is 1.14 bits per heavy atom. The molecule has 0 aliphatic heterocycles. The highest BCUT2D eigenvalue weighted by molar-refractivity contribution is 5.74. The van der Waals surface area contributed by atoms with Crippen molar-refractivity contribution in [3.8, 4) is 0 Å². The third-order valence-electron chi connectivity index (χ3n) is 3.34. The van der Waals surface area contributed by atoms with Crippen LogP contribution in [0.3, 0.4) is 0 Å². The predicted octanol–water partition coefficient (Wildman–Crippen LogP) is 2.92. The minimum Gasteiger partial charge on any atom is -0.387 e. The molecule has 2 atom stereocenters. The topological polar surface area (TPSA) is 61.4 Å². The lowest BCUT2D eigenvalue weighted by Crippen LogP contribution is -2.39. The molecular formula is C17H19FN2O2. The molecule has 0 aliphatic carbocycles. The second-order valence-electron chi connectivity index (χ2n) is 5.06. The number of halogens is 1. The summed E-state index contributed by atoms with van der Waals surface area (Å²) < 4.78 is 13.1. The van der Waals surface area contributed by atoms with Gasteiger partial charge < -0.3 is 15.7 Å². The van der Waals surface area contributed by atoms with Crippen LogP contribution in [0.15, 0.2) is 54.6 Å². The van der Waals surface area contributed by atoms with E-state index in [0.29, 0.717) is 5.56 Å². The Kier molecular flexibility index (Phi) is 5.49. The van der Waals surface area contributed by atoms with Crippen LogP contribution in [-0.4, -0.2) is 17.7 Å². The van der Waals surface area contributed by atoms with Gasteiger partial charge in [0.05, 0.1) is 12.1 Å². The molecule has 0 bridgehead atoms. The monoisotopic (exact) mass is 302 g/mol. The van der Waals surface area contributed by atoms with Gasteiger partial charge in [-0.25, -0.2) is 9.18 Å². The van der Waals surface area contributed by atoms with E-state index in [1.54, 1.807) is 6.07 Å². The second kappa shape index (κ2) is 7.56. The summed E-state index contributed by atoms with van der Waals surface area (Å²) in [6.07, 6.45) is -0.950. The van der Waals surface area contributed by atoms with Crippen molar-refractivity contribution in [3.05, 3.63) is 71.5 Å². The Labute approximate surface area is 129 Å². The molecule has 5 heteroatoms. The summed E-state index contributed by atoms with van der Waals surface area (Å²) in [5.41, 5.74) is 1.42. The Morgan fingerprint density at radius 3 is 2.50 bits per heavy atom. The number of hydrogen-bond donors (Lipinski definition) is 3. The van der Waals surface area contributed by atoms with Gasteiger partial charge in [-0.05, 0) is 30.2 Å². The van der Waals surface area contributed by atoms with Gasteiger partial charge in [0, 0.05) is 6.54 Å². The molecule has 2 aromatic rings. The van der Waals surface area contributed by atoms with Crippen LogP contribution in [0.25, 0.3) is 0 Å². The fourth-order valence-corrected chi connectivity index (χ4v) is 2.09. The molecule has 116 valence electrons. The molecule has 0 fully saturated rings. The molecule has 2 rings (SSSR count). The van der Waals surface area contributed by atoms with Crippen molar-refractivity contribution >= 4 is 6.03 Å². The first-order valence-electron chi connectivity index (χ1n) is 7.09. The molecule has 4 nitrogen and oxygen atoms in total. The summed E-state index contributed by atoms with van der Waals surface area (Å²) in [4.78, 5) is 11.8. The van der Waals surface area contributed by atoms with Crippen LogP contribution in [0, 0.1) is 5.82 Å². The molecule has 0 unspecified atom stereocenters. The lowest BCUT2D eigenvalue weighted by molar-refractivity contribution is 0.172. The lowest BCUT2D eigenvalue weighted by atomic mass is 10.1. The van der Waals surface area contributed by atoms with E-state index in [9.17, 15) is 14.3 Å². The van der Waals surface area contributed by atoms with Crippen molar-refractivity contribution in [3.63, 3.8) is 0 Å². The van der Waals surface area contributed by atoms with E-state index in [4.69, 9.17) is 0 Å². The van der Waals surface area contributed by atoms with Gasteiger partial charge >= 0.3 is 6.03 Å². The number of carbonyl (C=O) groups is 1. The largest absolute Gasteiger partial charge is 0.387 e. The smallest absolute Gasteiger partial charge is 0.315 e. The molecule has 0 radical (unpaired) electrons. The van der Waals surface area contributed by atoms with Crippen LogP contribution in [0.1, 0.15) is 30.2 Å². The zero-order valence-electron chi connectivity index (χ0n) is 12.3. The van der Waals surface area contributed by atoms with Crippen LogP contribution >= 0.6 is 0 Å². The van der Waals surface area contributed by atoms with Gasteiger partial charge in [0.2, 0.25) is 0 Å². The minimum absolute atomic E-state index is 0.0107. The van der Waals surface area contributed by atoms with Crippen molar-refractivity contribution in [2.75, 3.05) is 6.54 Å². The van der Waals surface area contributed by atoms with Crippen molar-refractivity contribution < 1.29 is 14.3 Å². The van der Waals surface area contributed by atoms with Crippen molar-refractivity contribution in [2.24, 2.45) is 0 Å². The number of urea groups is 1. The highest BCUT2D eigenvalue weighted by Crippen LogP contribution is 2.13. The first-order chi connectivity index (χ1) is 10.6. The van der Waals surface area contributed by atoms with Crippen LogP contribution in [-0.2, 0) is 0 Å². The normalized spacial score (nSPS) is 13.2. The summed E-state index contributed by atoms with van der Waals surface area (Å²) in [6.45, 7) is 1.88. The Hall–Kier alpha value is -2.40. The van der Waals surface area contributed by atoms with Gasteiger partial charge in [0.15, 0.2) is 0 Å². The highest BCUT2D eigenvalue weighted by Gasteiger charge is 2.12. The Bertz CT molecular complexity index is 619. The number of carbonyl (C=O) groups excluding carboxylic acids is 1. The maximum absolute atomic E-state index is 13.1. The molecular weight excluding hydrogens is 283 g/mol. The average Bonchev–Trinajstić information content (AvgIpc) is 2.53. The third-order valence-corrected chi connectivity index (χ3v) is 3.34. The predicted molar refractivity (Wildman–Crippen MR) is 82.8 cm³/mol. The number of aliphatic hydroxyl groups excluding tert-OH is 1. The van der Waals surface area contributed by atoms with E-state index in [1.807, 2.05) is 37.3 Å². The summed E-state index contributed by atoms with van der Waals surface area (Å²) in [7, 11) is 0. The van der Waals surface area contributed by atoms with Gasteiger partial charge in [-0.1, -0.05) is 42.5 Å². The minimum atomic E-state index is -0.950. The van der Waals surface area contributed by atoms with Crippen molar-refractivity contribution in [2.45, 2.75) is 19.1 Å². The first kappa shape index (κ1) is 16.0. The summed E-state index contributed by atoms with van der Waals surface area (Å²) in [5, 5.41) is 15.3. The second-order valence-corrected chi connectivity index (χ2v) is 5.06. The molecule has 0 heterocycles. The number of hydrogen-bond acceptors (Lipinski definition) is 2. The quantitative estimate of drug-likeness (QED) is 0.795. The fraction of sp³-hybridized carbons (Fsp3) is 0.235. The van der Waals surface area contributed by atoms with E-state index < -0.39 is 11.9 Å². The number of amides is 2. The number of aliphatic hydroxyl groups is 1. The van der Waals surface area contributed by atoms with Crippen LogP contribution < -0.4 is 10.6 Å². The summed E-state index contributed by atoms with van der Waals surface area (Å²) in [5.74, 6) is -0.418. The van der Waals surface area contributed by atoms with Crippen LogP contribution in [0.2, 0.25) is 0 Å². The summed E-state index contributed by atoms with van der Waals surface area (Å²) >= 11 is 0. The van der Waals surface area contributed by atoms with E-state index in [0.717, 1.165) is 5.56 Å². The molecule has 2 amide bonds. The molecule has 0 aromatic heterocycles. The van der Waals surface area contributed by atoms with E-state index in [1.165, 1.54) is 18.2 Å². The molecule has 0 saturated carbocycles. The Morgan fingerprint density at radius 2 is 1.82 bits per heavy atom. The average molecular weight is 302 g/mol. The van der Waals surface area contributed by atoms with E-state index in [2.05, 4.69) is 10.6 Å². The zero-order valence-corrected chi connectivity index (χ0v) is 12.3. The van der Waals surface area contributed by atoms with Gasteiger partial charge in [0.25, 0.3) is 0 Å². The lowest BCUT2D eigenvalue weighted by Gasteiger charge is -2.17. The van der Waals surface area contributed by atoms with Crippen molar-refractivity contribution in [1.82, 2.24) is 10.6 Å². The maximum Gasteiger partial charge on any atom is 0.315 e. The standard InChI is InChI=1S/C17H19FN2O2/c1-12(13-6-3-2-4-7-13)20-17(22)19-11-16(21)14-8-5-9-15(18)10-14/h2-10,12,16,21H,11H2,1H3,(H2,19,20,22)/t12-,16+/m0/s1. The number of nitrogens with one attached hydrogen (secondary N) is 2. The molecule has 0 saturated heterocycles. The first-order valence-corrected chi connectivity index (χ1v) is 7.09. The van der Waals surface area contributed by atoms with E-state index >= 15 is 0 Å². The molecule has 22 heavy (non-hydrogen) atoms. The summed E-state index contributed by atoms with van der Waals surface area (Å²) in [6, 6.07) is 14.7. The molecule has 0 aliphatic rings. The molecule has 2 aromatic carbocycles. The molecule has 0 spiro atoms. The number of benzene rings is 2. The molecule has 3 N–H and O–H groups in total. The van der Waals surface area contributed by atoms with Crippen LogP contribution in [0.5, 0.6) is 0 Å². The van der Waals surface area contributed by atoms with Gasteiger partial charge in [-0.3, -0.25) is 0 Å². The SMILES string of the molecule is C[C@H](NC(=O)NC[C@@H](O)c1cccc(F)c1)c1ccccc1. The van der Waals surface area contributed by atoms with Gasteiger partial charge in [-0.2, -0.15) is 0 Å². The van der Waals surface area contributed by atoms with Crippen LogP contribution in [0.4, 0.5) is 9.18 Å². The van der Waals surface area contributed by atoms with Gasteiger partial charge in [0.1, 0.15) is 5.82 Å². The maximum atomic E-state index is 13.1. The zero-order chi connectivity index (χ0) is 15.9. The van der Waals surface area contributed by atoms with E-state index in [-0.39, 0.29) is 18.6 Å².